The second-order valence-electron chi connectivity index (χ2n) is 5.36. The van der Waals surface area contributed by atoms with Crippen molar-refractivity contribution in [2.45, 2.75) is 25.2 Å². The summed E-state index contributed by atoms with van der Waals surface area (Å²) in [6, 6.07) is 7.18. The first-order chi connectivity index (χ1) is 9.40. The second kappa shape index (κ2) is 7.64. The van der Waals surface area contributed by atoms with Crippen LogP contribution in [-0.2, 0) is 9.84 Å². The van der Waals surface area contributed by atoms with Gasteiger partial charge >= 0.3 is 0 Å². The maximum absolute atomic E-state index is 12.0. The van der Waals surface area contributed by atoms with Crippen molar-refractivity contribution in [2.24, 2.45) is 5.92 Å². The number of nitrogens with one attached hydrogen (secondary N) is 1. The molecule has 4 nitrogen and oxygen atoms in total. The van der Waals surface area contributed by atoms with Crippen LogP contribution < -0.4 is 10.2 Å². The first kappa shape index (κ1) is 17.0. The van der Waals surface area contributed by atoms with Crippen molar-refractivity contribution < 1.29 is 8.42 Å². The Kier molecular flexibility index (Phi) is 6.49. The predicted octanol–water partition coefficient (Wildman–Crippen LogP) is 2.16. The molecule has 0 radical (unpaired) electrons. The minimum Gasteiger partial charge on any atom is -0.374 e. The lowest BCUT2D eigenvalue weighted by Gasteiger charge is -2.23. The van der Waals surface area contributed by atoms with Gasteiger partial charge in [-0.1, -0.05) is 13.8 Å². The standard InChI is InChI=1S/C15H26N2O2S/c1-5-10-20(18,19)15-8-6-14(7-9-15)17(4)12-13(2)11-16-3/h6-9,13,16H,5,10-12H2,1-4H3. The zero-order valence-corrected chi connectivity index (χ0v) is 13.7. The Morgan fingerprint density at radius 3 is 2.35 bits per heavy atom. The molecule has 114 valence electrons. The van der Waals surface area contributed by atoms with E-state index in [2.05, 4.69) is 17.1 Å². The van der Waals surface area contributed by atoms with Gasteiger partial charge in [-0.25, -0.2) is 8.42 Å². The lowest BCUT2D eigenvalue weighted by Crippen LogP contribution is -2.29. The van der Waals surface area contributed by atoms with Crippen LogP contribution in [0.5, 0.6) is 0 Å². The summed E-state index contributed by atoms with van der Waals surface area (Å²) >= 11 is 0. The predicted molar refractivity (Wildman–Crippen MR) is 85.1 cm³/mol. The molecular formula is C15H26N2O2S. The molecule has 1 rings (SSSR count). The molecule has 0 saturated carbocycles. The molecule has 0 bridgehead atoms. The van der Waals surface area contributed by atoms with Gasteiger partial charge in [-0.15, -0.1) is 0 Å². The lowest BCUT2D eigenvalue weighted by atomic mass is 10.1. The van der Waals surface area contributed by atoms with Gasteiger partial charge < -0.3 is 10.2 Å². The minimum absolute atomic E-state index is 0.210. The molecule has 1 aromatic rings. The van der Waals surface area contributed by atoms with Crippen molar-refractivity contribution in [1.82, 2.24) is 5.32 Å². The van der Waals surface area contributed by atoms with E-state index in [-0.39, 0.29) is 5.75 Å². The average Bonchev–Trinajstić information content (AvgIpc) is 2.39. The number of anilines is 1. The van der Waals surface area contributed by atoms with Gasteiger partial charge in [-0.05, 0) is 50.2 Å². The summed E-state index contributed by atoms with van der Waals surface area (Å²) in [4.78, 5) is 2.57. The Bertz CT molecular complexity index is 497. The molecule has 0 aromatic heterocycles. The lowest BCUT2D eigenvalue weighted by molar-refractivity contribution is 0.542. The molecule has 5 heteroatoms. The molecule has 1 atom stereocenters. The zero-order chi connectivity index (χ0) is 15.2. The van der Waals surface area contributed by atoms with Gasteiger partial charge in [0.05, 0.1) is 10.6 Å². The van der Waals surface area contributed by atoms with Crippen LogP contribution in [0.1, 0.15) is 20.3 Å². The van der Waals surface area contributed by atoms with E-state index in [4.69, 9.17) is 0 Å². The molecule has 1 N–H and O–H groups in total. The monoisotopic (exact) mass is 298 g/mol. The van der Waals surface area contributed by atoms with Crippen LogP contribution in [0, 0.1) is 5.92 Å². The van der Waals surface area contributed by atoms with Crippen LogP contribution >= 0.6 is 0 Å². The Morgan fingerprint density at radius 1 is 1.25 bits per heavy atom. The molecule has 0 aliphatic heterocycles. The van der Waals surface area contributed by atoms with E-state index in [0.717, 1.165) is 18.8 Å². The number of sulfone groups is 1. The molecule has 0 aliphatic carbocycles. The first-order valence-electron chi connectivity index (χ1n) is 7.09. The molecule has 0 saturated heterocycles. The van der Waals surface area contributed by atoms with Crippen molar-refractivity contribution in [3.8, 4) is 0 Å². The number of hydrogen-bond donors (Lipinski definition) is 1. The van der Waals surface area contributed by atoms with Crippen molar-refractivity contribution in [1.29, 1.82) is 0 Å². The molecule has 0 fully saturated rings. The largest absolute Gasteiger partial charge is 0.374 e. The van der Waals surface area contributed by atoms with E-state index < -0.39 is 9.84 Å². The SMILES string of the molecule is CCCS(=O)(=O)c1ccc(N(C)CC(C)CNC)cc1. The summed E-state index contributed by atoms with van der Waals surface area (Å²) in [5, 5.41) is 3.16. The minimum atomic E-state index is -3.11. The molecule has 0 amide bonds. The number of benzene rings is 1. The third-order valence-corrected chi connectivity index (χ3v) is 5.18. The van der Waals surface area contributed by atoms with Crippen LogP contribution in [0.2, 0.25) is 0 Å². The highest BCUT2D eigenvalue weighted by molar-refractivity contribution is 7.91. The summed E-state index contributed by atoms with van der Waals surface area (Å²) < 4.78 is 23.9. The van der Waals surface area contributed by atoms with Crippen molar-refractivity contribution in [3.05, 3.63) is 24.3 Å². The molecule has 0 spiro atoms. The van der Waals surface area contributed by atoms with Gasteiger partial charge in [-0.2, -0.15) is 0 Å². The number of nitrogens with zero attached hydrogens (tertiary/aromatic N) is 1. The summed E-state index contributed by atoms with van der Waals surface area (Å²) in [5.74, 6) is 0.745. The second-order valence-corrected chi connectivity index (χ2v) is 7.47. The number of rotatable bonds is 8. The molecule has 1 aromatic carbocycles. The molecule has 1 unspecified atom stereocenters. The smallest absolute Gasteiger partial charge is 0.178 e. The summed E-state index contributed by atoms with van der Waals surface area (Å²) in [5.41, 5.74) is 1.04. The fourth-order valence-corrected chi connectivity index (χ4v) is 3.60. The highest BCUT2D eigenvalue weighted by Gasteiger charge is 2.13. The fraction of sp³-hybridized carbons (Fsp3) is 0.600. The summed E-state index contributed by atoms with van der Waals surface area (Å²) in [6.07, 6.45) is 0.644. The van der Waals surface area contributed by atoms with Crippen LogP contribution in [0.4, 0.5) is 5.69 Å². The Morgan fingerprint density at radius 2 is 1.85 bits per heavy atom. The Labute approximate surface area is 123 Å². The van der Waals surface area contributed by atoms with Gasteiger partial charge in [0.2, 0.25) is 0 Å². The van der Waals surface area contributed by atoms with E-state index in [1.807, 2.05) is 33.2 Å². The average molecular weight is 298 g/mol. The van der Waals surface area contributed by atoms with E-state index in [1.54, 1.807) is 12.1 Å². The third kappa shape index (κ3) is 4.80. The third-order valence-electron chi connectivity index (χ3n) is 3.25. The number of hydrogen-bond acceptors (Lipinski definition) is 4. The van der Waals surface area contributed by atoms with Gasteiger partial charge in [0.15, 0.2) is 9.84 Å². The highest BCUT2D eigenvalue weighted by atomic mass is 32.2. The van der Waals surface area contributed by atoms with Crippen molar-refractivity contribution >= 4 is 15.5 Å². The zero-order valence-electron chi connectivity index (χ0n) is 12.9. The van der Waals surface area contributed by atoms with Crippen LogP contribution in [0.25, 0.3) is 0 Å². The van der Waals surface area contributed by atoms with E-state index in [9.17, 15) is 8.42 Å². The highest BCUT2D eigenvalue weighted by Crippen LogP contribution is 2.19. The van der Waals surface area contributed by atoms with Crippen molar-refractivity contribution in [2.75, 3.05) is 37.8 Å². The van der Waals surface area contributed by atoms with E-state index in [0.29, 0.717) is 17.2 Å². The van der Waals surface area contributed by atoms with Crippen LogP contribution in [0.15, 0.2) is 29.2 Å². The Balaban J connectivity index is 2.76. The van der Waals surface area contributed by atoms with Crippen LogP contribution in [-0.4, -0.2) is 41.4 Å². The van der Waals surface area contributed by atoms with Crippen molar-refractivity contribution in [3.63, 3.8) is 0 Å². The van der Waals surface area contributed by atoms with E-state index in [1.165, 1.54) is 0 Å². The topological polar surface area (TPSA) is 49.4 Å². The summed E-state index contributed by atoms with van der Waals surface area (Å²) in [7, 11) is 0.865. The normalized spacial score (nSPS) is 13.2. The van der Waals surface area contributed by atoms with E-state index >= 15 is 0 Å². The maximum atomic E-state index is 12.0. The molecular weight excluding hydrogens is 272 g/mol. The first-order valence-corrected chi connectivity index (χ1v) is 8.74. The quantitative estimate of drug-likeness (QED) is 0.799. The molecule has 0 aliphatic rings. The fourth-order valence-electron chi connectivity index (χ4n) is 2.28. The molecule has 0 heterocycles. The Hall–Kier alpha value is -1.07. The van der Waals surface area contributed by atoms with Gasteiger partial charge in [0.25, 0.3) is 0 Å². The van der Waals surface area contributed by atoms with Gasteiger partial charge in [0.1, 0.15) is 0 Å². The van der Waals surface area contributed by atoms with Gasteiger partial charge in [0, 0.05) is 19.3 Å². The maximum Gasteiger partial charge on any atom is 0.178 e. The molecule has 20 heavy (non-hydrogen) atoms. The summed E-state index contributed by atoms with van der Waals surface area (Å²) in [6.45, 7) is 5.96. The van der Waals surface area contributed by atoms with Crippen LogP contribution in [0.3, 0.4) is 0 Å². The van der Waals surface area contributed by atoms with Gasteiger partial charge in [-0.3, -0.25) is 0 Å².